The lowest BCUT2D eigenvalue weighted by molar-refractivity contribution is 0.220. The van der Waals surface area contributed by atoms with Gasteiger partial charge in [0.1, 0.15) is 5.76 Å². The quantitative estimate of drug-likeness (QED) is 0.752. The molecule has 1 aliphatic heterocycles. The van der Waals surface area contributed by atoms with Gasteiger partial charge in [-0.25, -0.2) is 4.79 Å². The lowest BCUT2D eigenvalue weighted by atomic mass is 10.1. The average molecular weight is 362 g/mol. The van der Waals surface area contributed by atoms with Gasteiger partial charge in [0.05, 0.1) is 12.3 Å². The van der Waals surface area contributed by atoms with Crippen molar-refractivity contribution in [1.29, 1.82) is 0 Å². The highest BCUT2D eigenvalue weighted by molar-refractivity contribution is 7.10. The van der Waals surface area contributed by atoms with Gasteiger partial charge in [-0.05, 0) is 62.9 Å². The molecule has 136 valence electrons. The van der Waals surface area contributed by atoms with Crippen LogP contribution in [0.1, 0.15) is 42.9 Å². The van der Waals surface area contributed by atoms with Crippen molar-refractivity contribution in [3.63, 3.8) is 0 Å². The van der Waals surface area contributed by atoms with Crippen molar-refractivity contribution < 1.29 is 9.21 Å². The number of furan rings is 1. The first-order valence-electron chi connectivity index (χ1n) is 9.06. The van der Waals surface area contributed by atoms with Gasteiger partial charge in [0.25, 0.3) is 0 Å². The number of nitrogens with zero attached hydrogens (tertiary/aromatic N) is 1. The lowest BCUT2D eigenvalue weighted by Crippen LogP contribution is -2.44. The molecule has 3 rings (SSSR count). The van der Waals surface area contributed by atoms with E-state index in [2.05, 4.69) is 33.0 Å². The van der Waals surface area contributed by atoms with Crippen molar-refractivity contribution in [2.45, 2.75) is 44.7 Å². The van der Waals surface area contributed by atoms with Crippen molar-refractivity contribution in [2.24, 2.45) is 0 Å². The van der Waals surface area contributed by atoms with E-state index in [0.717, 1.165) is 31.7 Å². The number of amides is 2. The van der Waals surface area contributed by atoms with Crippen LogP contribution in [0.15, 0.2) is 40.3 Å². The molecule has 0 aliphatic carbocycles. The van der Waals surface area contributed by atoms with Gasteiger partial charge in [0.2, 0.25) is 0 Å². The van der Waals surface area contributed by atoms with Crippen LogP contribution >= 0.6 is 11.3 Å². The lowest BCUT2D eigenvalue weighted by Gasteiger charge is -2.27. The molecule has 2 N–H and O–H groups in total. The largest absolute Gasteiger partial charge is 0.469 e. The molecule has 3 heterocycles. The molecule has 6 heteroatoms. The molecule has 5 nitrogen and oxygen atoms in total. The van der Waals surface area contributed by atoms with Crippen LogP contribution in [0, 0.1) is 0 Å². The Morgan fingerprint density at radius 2 is 2.16 bits per heavy atom. The number of carbonyl (C=O) groups is 1. The molecule has 0 aromatic carbocycles. The summed E-state index contributed by atoms with van der Waals surface area (Å²) in [6.45, 7) is 4.91. The number of hydrogen-bond acceptors (Lipinski definition) is 4. The van der Waals surface area contributed by atoms with E-state index in [1.165, 1.54) is 17.7 Å². The summed E-state index contributed by atoms with van der Waals surface area (Å²) in [5.74, 6) is 0.959. The number of likely N-dealkylation sites (tertiary alicyclic amines) is 1. The van der Waals surface area contributed by atoms with E-state index >= 15 is 0 Å². The van der Waals surface area contributed by atoms with Gasteiger partial charge in [-0.15, -0.1) is 11.3 Å². The van der Waals surface area contributed by atoms with Crippen molar-refractivity contribution in [2.75, 3.05) is 19.6 Å². The van der Waals surface area contributed by atoms with Crippen LogP contribution in [-0.2, 0) is 6.42 Å². The number of hydrogen-bond donors (Lipinski definition) is 2. The number of urea groups is 1. The molecule has 2 unspecified atom stereocenters. The zero-order chi connectivity index (χ0) is 17.5. The predicted octanol–water partition coefficient (Wildman–Crippen LogP) is 3.80. The van der Waals surface area contributed by atoms with E-state index in [0.29, 0.717) is 6.54 Å². The Morgan fingerprint density at radius 3 is 2.84 bits per heavy atom. The number of nitrogens with one attached hydrogen (secondary N) is 2. The van der Waals surface area contributed by atoms with E-state index in [1.54, 1.807) is 17.6 Å². The molecular formula is C19H27N3O2S. The van der Waals surface area contributed by atoms with Crippen LogP contribution in [0.5, 0.6) is 0 Å². The Morgan fingerprint density at radius 1 is 1.32 bits per heavy atom. The van der Waals surface area contributed by atoms with Crippen molar-refractivity contribution in [1.82, 2.24) is 15.5 Å². The Balaban J connectivity index is 1.44. The Kier molecular flexibility index (Phi) is 6.53. The van der Waals surface area contributed by atoms with E-state index in [4.69, 9.17) is 4.42 Å². The number of aryl methyl sites for hydroxylation is 1. The SMILES string of the molecule is CC(CCc1ccco1)NC(=O)NCC(c1cccs1)N1CCCC1. The fraction of sp³-hybridized carbons (Fsp3) is 0.526. The van der Waals surface area contributed by atoms with Crippen LogP contribution in [0.4, 0.5) is 4.79 Å². The van der Waals surface area contributed by atoms with E-state index in [-0.39, 0.29) is 18.1 Å². The minimum Gasteiger partial charge on any atom is -0.469 e. The van der Waals surface area contributed by atoms with Gasteiger partial charge in [-0.1, -0.05) is 6.07 Å². The molecule has 25 heavy (non-hydrogen) atoms. The summed E-state index contributed by atoms with van der Waals surface area (Å²) < 4.78 is 5.33. The number of rotatable bonds is 8. The van der Waals surface area contributed by atoms with Gasteiger partial charge in [-0.3, -0.25) is 4.90 Å². The van der Waals surface area contributed by atoms with Crippen LogP contribution in [0.2, 0.25) is 0 Å². The van der Waals surface area contributed by atoms with Gasteiger partial charge >= 0.3 is 6.03 Å². The predicted molar refractivity (Wildman–Crippen MR) is 101 cm³/mol. The van der Waals surface area contributed by atoms with Crippen LogP contribution in [0.25, 0.3) is 0 Å². The first kappa shape index (κ1) is 18.0. The third-order valence-corrected chi connectivity index (χ3v) is 5.66. The minimum atomic E-state index is -0.0901. The van der Waals surface area contributed by atoms with Crippen molar-refractivity contribution in [3.05, 3.63) is 46.5 Å². The molecule has 1 saturated heterocycles. The van der Waals surface area contributed by atoms with Gasteiger partial charge in [0.15, 0.2) is 0 Å². The van der Waals surface area contributed by atoms with E-state index in [1.807, 2.05) is 19.1 Å². The second-order valence-corrected chi connectivity index (χ2v) is 7.63. The molecule has 2 aromatic heterocycles. The second kappa shape index (κ2) is 9.06. The maximum absolute atomic E-state index is 12.2. The number of thiophene rings is 1. The molecule has 0 spiro atoms. The summed E-state index contributed by atoms with van der Waals surface area (Å²) in [7, 11) is 0. The number of carbonyl (C=O) groups excluding carboxylic acids is 1. The molecule has 2 aromatic rings. The summed E-state index contributed by atoms with van der Waals surface area (Å²) in [5, 5.41) is 8.20. The Labute approximate surface area is 153 Å². The Bertz CT molecular complexity index is 621. The molecule has 0 saturated carbocycles. The highest BCUT2D eigenvalue weighted by Crippen LogP contribution is 2.27. The fourth-order valence-corrected chi connectivity index (χ4v) is 4.15. The standard InChI is InChI=1S/C19H27N3O2S/c1-15(8-9-16-6-4-12-24-16)21-19(23)20-14-17(18-7-5-13-25-18)22-10-2-3-11-22/h4-7,12-13,15,17H,2-3,8-11,14H2,1H3,(H2,20,21,23). The maximum atomic E-state index is 12.2. The van der Waals surface area contributed by atoms with Gasteiger partial charge < -0.3 is 15.1 Å². The molecular weight excluding hydrogens is 334 g/mol. The van der Waals surface area contributed by atoms with Crippen molar-refractivity contribution in [3.8, 4) is 0 Å². The molecule has 1 aliphatic rings. The summed E-state index contributed by atoms with van der Waals surface area (Å²) in [4.78, 5) is 16.0. The highest BCUT2D eigenvalue weighted by Gasteiger charge is 2.24. The molecule has 2 atom stereocenters. The molecule has 0 bridgehead atoms. The topological polar surface area (TPSA) is 57.5 Å². The summed E-state index contributed by atoms with van der Waals surface area (Å²) in [5.41, 5.74) is 0. The maximum Gasteiger partial charge on any atom is 0.315 e. The summed E-state index contributed by atoms with van der Waals surface area (Å²) in [6.07, 6.45) is 5.88. The van der Waals surface area contributed by atoms with E-state index < -0.39 is 0 Å². The molecule has 1 fully saturated rings. The normalized spacial score (nSPS) is 17.3. The smallest absolute Gasteiger partial charge is 0.315 e. The zero-order valence-corrected chi connectivity index (χ0v) is 15.6. The first-order valence-corrected chi connectivity index (χ1v) is 9.94. The summed E-state index contributed by atoms with van der Waals surface area (Å²) in [6, 6.07) is 8.41. The average Bonchev–Trinajstić information content (AvgIpc) is 3.35. The second-order valence-electron chi connectivity index (χ2n) is 6.65. The highest BCUT2D eigenvalue weighted by atomic mass is 32.1. The van der Waals surface area contributed by atoms with Gasteiger partial charge in [-0.2, -0.15) is 0 Å². The van der Waals surface area contributed by atoms with Crippen LogP contribution < -0.4 is 10.6 Å². The summed E-state index contributed by atoms with van der Waals surface area (Å²) >= 11 is 1.77. The molecule has 0 radical (unpaired) electrons. The van der Waals surface area contributed by atoms with E-state index in [9.17, 15) is 4.79 Å². The monoisotopic (exact) mass is 361 g/mol. The Hall–Kier alpha value is -1.79. The van der Waals surface area contributed by atoms with Crippen LogP contribution in [0.3, 0.4) is 0 Å². The third-order valence-electron chi connectivity index (χ3n) is 4.69. The molecule has 2 amide bonds. The minimum absolute atomic E-state index is 0.0901. The van der Waals surface area contributed by atoms with Crippen LogP contribution in [-0.4, -0.2) is 36.6 Å². The fourth-order valence-electron chi connectivity index (χ4n) is 3.29. The third kappa shape index (κ3) is 5.34. The zero-order valence-electron chi connectivity index (χ0n) is 14.7. The van der Waals surface area contributed by atoms with Crippen molar-refractivity contribution >= 4 is 17.4 Å². The first-order chi connectivity index (χ1) is 12.2. The van der Waals surface area contributed by atoms with Gasteiger partial charge in [0, 0.05) is 23.9 Å².